The Morgan fingerprint density at radius 1 is 1.29 bits per heavy atom. The van der Waals surface area contributed by atoms with Crippen LogP contribution in [0.3, 0.4) is 0 Å². The minimum absolute atomic E-state index is 0.175. The summed E-state index contributed by atoms with van der Waals surface area (Å²) in [6.07, 6.45) is -0.192. The standard InChI is InChI=1S/C20H19FN4O3/c1-12-3-6-14(9-16(12)21)22-20(26)19-17-11-28-18(10-25(17)24-23-19)13-4-7-15(27-2)8-5-13/h3-9,18H,10-11H2,1-2H3,(H,22,26). The van der Waals surface area contributed by atoms with Crippen LogP contribution >= 0.6 is 0 Å². The van der Waals surface area contributed by atoms with E-state index in [2.05, 4.69) is 15.6 Å². The van der Waals surface area contributed by atoms with Crippen LogP contribution in [0.25, 0.3) is 0 Å². The highest BCUT2D eigenvalue weighted by molar-refractivity contribution is 6.03. The second kappa shape index (κ2) is 7.40. The Balaban J connectivity index is 1.49. The Labute approximate surface area is 161 Å². The van der Waals surface area contributed by atoms with Crippen LogP contribution in [-0.4, -0.2) is 28.0 Å². The molecule has 0 bridgehead atoms. The van der Waals surface area contributed by atoms with E-state index in [1.807, 2.05) is 24.3 Å². The molecule has 1 aliphatic rings. The third-order valence-electron chi connectivity index (χ3n) is 4.73. The van der Waals surface area contributed by atoms with Crippen molar-refractivity contribution >= 4 is 11.6 Å². The number of aryl methyl sites for hydroxylation is 1. The van der Waals surface area contributed by atoms with Gasteiger partial charge in [0.05, 0.1) is 26.0 Å². The Bertz CT molecular complexity index is 1020. The summed E-state index contributed by atoms with van der Waals surface area (Å²) in [5.74, 6) is -0.0584. The first kappa shape index (κ1) is 18.1. The van der Waals surface area contributed by atoms with Gasteiger partial charge >= 0.3 is 0 Å². The molecule has 1 amide bonds. The molecule has 1 atom stereocenters. The zero-order chi connectivity index (χ0) is 19.7. The zero-order valence-electron chi connectivity index (χ0n) is 15.5. The van der Waals surface area contributed by atoms with Gasteiger partial charge in [0.1, 0.15) is 17.7 Å². The lowest BCUT2D eigenvalue weighted by molar-refractivity contribution is -0.00173. The van der Waals surface area contributed by atoms with E-state index in [4.69, 9.17) is 9.47 Å². The fraction of sp³-hybridized carbons (Fsp3) is 0.250. The summed E-state index contributed by atoms with van der Waals surface area (Å²) in [5, 5.41) is 10.7. The second-order valence-corrected chi connectivity index (χ2v) is 6.56. The minimum Gasteiger partial charge on any atom is -0.497 e. The molecular weight excluding hydrogens is 363 g/mol. The molecule has 1 N–H and O–H groups in total. The van der Waals surface area contributed by atoms with E-state index in [1.165, 1.54) is 6.07 Å². The molecule has 28 heavy (non-hydrogen) atoms. The number of rotatable bonds is 4. The summed E-state index contributed by atoms with van der Waals surface area (Å²) < 4.78 is 26.4. The number of halogens is 1. The van der Waals surface area contributed by atoms with Crippen LogP contribution in [-0.2, 0) is 17.9 Å². The van der Waals surface area contributed by atoms with Crippen LogP contribution < -0.4 is 10.1 Å². The molecule has 0 saturated carbocycles. The van der Waals surface area contributed by atoms with E-state index in [0.717, 1.165) is 11.3 Å². The highest BCUT2D eigenvalue weighted by Gasteiger charge is 2.27. The Kier molecular flexibility index (Phi) is 4.79. The zero-order valence-corrected chi connectivity index (χ0v) is 15.5. The van der Waals surface area contributed by atoms with E-state index >= 15 is 0 Å². The number of nitrogens with zero attached hydrogens (tertiary/aromatic N) is 3. The Morgan fingerprint density at radius 2 is 2.07 bits per heavy atom. The maximum absolute atomic E-state index is 13.7. The number of carbonyl (C=O) groups excluding carboxylic acids is 1. The fourth-order valence-corrected chi connectivity index (χ4v) is 3.07. The second-order valence-electron chi connectivity index (χ2n) is 6.56. The number of fused-ring (bicyclic) bond motifs is 1. The van der Waals surface area contributed by atoms with Crippen LogP contribution in [0.1, 0.15) is 33.4 Å². The van der Waals surface area contributed by atoms with E-state index in [0.29, 0.717) is 23.5 Å². The molecule has 0 aliphatic carbocycles. The molecule has 0 saturated heterocycles. The summed E-state index contributed by atoms with van der Waals surface area (Å²) in [6, 6.07) is 12.1. The van der Waals surface area contributed by atoms with Crippen molar-refractivity contribution in [3.63, 3.8) is 0 Å². The average Bonchev–Trinajstić information content (AvgIpc) is 3.14. The molecule has 1 aromatic heterocycles. The number of benzene rings is 2. The molecule has 2 aromatic carbocycles. The van der Waals surface area contributed by atoms with Crippen LogP contribution in [0.2, 0.25) is 0 Å². The van der Waals surface area contributed by atoms with Gasteiger partial charge in [-0.25, -0.2) is 9.07 Å². The number of anilines is 1. The summed E-state index contributed by atoms with van der Waals surface area (Å²) >= 11 is 0. The van der Waals surface area contributed by atoms with Crippen molar-refractivity contribution in [1.82, 2.24) is 15.0 Å². The lowest BCUT2D eigenvalue weighted by atomic mass is 10.1. The molecule has 0 spiro atoms. The van der Waals surface area contributed by atoms with Crippen molar-refractivity contribution < 1.29 is 18.7 Å². The monoisotopic (exact) mass is 382 g/mol. The summed E-state index contributed by atoms with van der Waals surface area (Å²) in [6.45, 7) is 2.31. The largest absolute Gasteiger partial charge is 0.497 e. The molecule has 4 rings (SSSR count). The smallest absolute Gasteiger partial charge is 0.278 e. The highest BCUT2D eigenvalue weighted by atomic mass is 19.1. The van der Waals surface area contributed by atoms with Crippen LogP contribution in [0.4, 0.5) is 10.1 Å². The third-order valence-corrected chi connectivity index (χ3v) is 4.73. The number of methoxy groups -OCH3 is 1. The van der Waals surface area contributed by atoms with Gasteiger partial charge in [0, 0.05) is 5.69 Å². The van der Waals surface area contributed by atoms with Gasteiger partial charge in [-0.05, 0) is 42.3 Å². The maximum Gasteiger partial charge on any atom is 0.278 e. The van der Waals surface area contributed by atoms with Gasteiger partial charge in [-0.1, -0.05) is 23.4 Å². The average molecular weight is 382 g/mol. The van der Waals surface area contributed by atoms with Crippen molar-refractivity contribution in [2.75, 3.05) is 12.4 Å². The van der Waals surface area contributed by atoms with Gasteiger partial charge in [0.15, 0.2) is 5.69 Å². The molecule has 8 heteroatoms. The number of ether oxygens (including phenoxy) is 2. The summed E-state index contributed by atoms with van der Waals surface area (Å²) in [4.78, 5) is 12.5. The first-order valence-corrected chi connectivity index (χ1v) is 8.80. The highest BCUT2D eigenvalue weighted by Crippen LogP contribution is 2.28. The Hall–Kier alpha value is -3.26. The number of amides is 1. The van der Waals surface area contributed by atoms with Gasteiger partial charge in [-0.3, -0.25) is 4.79 Å². The molecule has 0 radical (unpaired) electrons. The van der Waals surface area contributed by atoms with E-state index in [9.17, 15) is 9.18 Å². The lowest BCUT2D eigenvalue weighted by Gasteiger charge is -2.24. The van der Waals surface area contributed by atoms with Crippen molar-refractivity contribution in [1.29, 1.82) is 0 Å². The van der Waals surface area contributed by atoms with Crippen molar-refractivity contribution in [3.8, 4) is 5.75 Å². The molecule has 1 aliphatic heterocycles. The van der Waals surface area contributed by atoms with Crippen molar-refractivity contribution in [2.45, 2.75) is 26.2 Å². The van der Waals surface area contributed by atoms with Gasteiger partial charge in [0.2, 0.25) is 0 Å². The number of carbonyl (C=O) groups is 1. The predicted octanol–water partition coefficient (Wildman–Crippen LogP) is 3.26. The fourth-order valence-electron chi connectivity index (χ4n) is 3.07. The lowest BCUT2D eigenvalue weighted by Crippen LogP contribution is -2.24. The predicted molar refractivity (Wildman–Crippen MR) is 99.6 cm³/mol. The van der Waals surface area contributed by atoms with E-state index in [1.54, 1.807) is 30.8 Å². The Morgan fingerprint density at radius 3 is 2.79 bits per heavy atom. The van der Waals surface area contributed by atoms with Crippen molar-refractivity contribution in [3.05, 3.63) is 70.8 Å². The van der Waals surface area contributed by atoms with Crippen LogP contribution in [0.5, 0.6) is 5.75 Å². The van der Waals surface area contributed by atoms with E-state index in [-0.39, 0.29) is 24.2 Å². The first-order chi connectivity index (χ1) is 13.5. The topological polar surface area (TPSA) is 78.3 Å². The third kappa shape index (κ3) is 3.46. The molecule has 144 valence electrons. The molecule has 2 heterocycles. The molecule has 1 unspecified atom stereocenters. The van der Waals surface area contributed by atoms with Crippen molar-refractivity contribution in [2.24, 2.45) is 0 Å². The van der Waals surface area contributed by atoms with Gasteiger partial charge < -0.3 is 14.8 Å². The van der Waals surface area contributed by atoms with Gasteiger partial charge in [-0.2, -0.15) is 0 Å². The number of hydrogen-bond donors (Lipinski definition) is 1. The molecule has 7 nitrogen and oxygen atoms in total. The molecular formula is C20H19FN4O3. The summed E-state index contributed by atoms with van der Waals surface area (Å²) in [5.41, 5.74) is 2.63. The molecule has 3 aromatic rings. The minimum atomic E-state index is -0.448. The maximum atomic E-state index is 13.7. The SMILES string of the molecule is COc1ccc(C2Cn3nnc(C(=O)Nc4ccc(C)c(F)c4)c3CO2)cc1. The number of aromatic nitrogens is 3. The normalized spacial score (nSPS) is 15.8. The molecule has 0 fully saturated rings. The van der Waals surface area contributed by atoms with Crippen LogP contribution in [0, 0.1) is 12.7 Å². The van der Waals surface area contributed by atoms with E-state index < -0.39 is 5.91 Å². The number of nitrogens with one attached hydrogen (secondary N) is 1. The number of hydrogen-bond acceptors (Lipinski definition) is 5. The van der Waals surface area contributed by atoms with Gasteiger partial charge in [0.25, 0.3) is 5.91 Å². The van der Waals surface area contributed by atoms with Gasteiger partial charge in [-0.15, -0.1) is 5.10 Å². The summed E-state index contributed by atoms with van der Waals surface area (Å²) in [7, 11) is 1.62. The quantitative estimate of drug-likeness (QED) is 0.749. The van der Waals surface area contributed by atoms with Crippen LogP contribution in [0.15, 0.2) is 42.5 Å². The first-order valence-electron chi connectivity index (χ1n) is 8.80.